The van der Waals surface area contributed by atoms with Crippen LogP contribution in [0.3, 0.4) is 0 Å². The number of nitrogens with zero attached hydrogens (tertiary/aromatic N) is 3. The van der Waals surface area contributed by atoms with Crippen LogP contribution in [-0.4, -0.2) is 32.1 Å². The van der Waals surface area contributed by atoms with Crippen LogP contribution in [0.1, 0.15) is 5.56 Å². The van der Waals surface area contributed by atoms with Crippen molar-refractivity contribution in [3.8, 4) is 6.07 Å². The molecule has 78 valence electrons. The Morgan fingerprint density at radius 3 is 2.53 bits per heavy atom. The van der Waals surface area contributed by atoms with Gasteiger partial charge in [-0.05, 0) is 18.2 Å². The van der Waals surface area contributed by atoms with Gasteiger partial charge in [-0.15, -0.1) is 0 Å². The van der Waals surface area contributed by atoms with Gasteiger partial charge in [-0.2, -0.15) is 5.26 Å². The summed E-state index contributed by atoms with van der Waals surface area (Å²) in [6.07, 6.45) is 0. The van der Waals surface area contributed by atoms with E-state index < -0.39 is 0 Å². The molecule has 0 aliphatic heterocycles. The first-order valence-electron chi connectivity index (χ1n) is 4.51. The van der Waals surface area contributed by atoms with E-state index >= 15 is 0 Å². The smallest absolute Gasteiger partial charge is 0.323 e. The van der Waals surface area contributed by atoms with Crippen molar-refractivity contribution in [1.82, 2.24) is 4.90 Å². The molecule has 0 saturated carbocycles. The number of hydrogen-bond acceptors (Lipinski definition) is 2. The maximum absolute atomic E-state index is 11.6. The lowest BCUT2D eigenvalue weighted by molar-refractivity contribution is 0.225. The molecule has 4 heteroatoms. The van der Waals surface area contributed by atoms with Crippen molar-refractivity contribution >= 4 is 11.7 Å². The van der Waals surface area contributed by atoms with Crippen molar-refractivity contribution in [3.63, 3.8) is 0 Å². The zero-order valence-corrected chi connectivity index (χ0v) is 9.06. The number of carbonyl (C=O) groups is 1. The van der Waals surface area contributed by atoms with Crippen LogP contribution in [0.15, 0.2) is 24.3 Å². The standard InChI is InChI=1S/C11H13N3O/c1-13(2)11(15)14(3)10-6-4-5-9(7-10)8-12/h4-7H,1-3H3. The number of amides is 2. The zero-order chi connectivity index (χ0) is 11.4. The van der Waals surface area contributed by atoms with E-state index in [1.807, 2.05) is 6.07 Å². The third-order valence-electron chi connectivity index (χ3n) is 2.03. The second kappa shape index (κ2) is 4.47. The van der Waals surface area contributed by atoms with Crippen LogP contribution in [0.2, 0.25) is 0 Å². The van der Waals surface area contributed by atoms with Crippen LogP contribution in [0.25, 0.3) is 0 Å². The number of rotatable bonds is 1. The summed E-state index contributed by atoms with van der Waals surface area (Å²) in [6, 6.07) is 8.86. The van der Waals surface area contributed by atoms with Crippen molar-refractivity contribution in [2.24, 2.45) is 0 Å². The largest absolute Gasteiger partial charge is 0.330 e. The monoisotopic (exact) mass is 203 g/mol. The average molecular weight is 203 g/mol. The van der Waals surface area contributed by atoms with Gasteiger partial charge in [-0.3, -0.25) is 4.90 Å². The summed E-state index contributed by atoms with van der Waals surface area (Å²) >= 11 is 0. The van der Waals surface area contributed by atoms with E-state index in [0.717, 1.165) is 0 Å². The van der Waals surface area contributed by atoms with Gasteiger partial charge >= 0.3 is 6.03 Å². The zero-order valence-electron chi connectivity index (χ0n) is 9.06. The Balaban J connectivity index is 2.97. The van der Waals surface area contributed by atoms with Crippen molar-refractivity contribution in [2.45, 2.75) is 0 Å². The van der Waals surface area contributed by atoms with Gasteiger partial charge in [-0.1, -0.05) is 6.07 Å². The van der Waals surface area contributed by atoms with E-state index in [9.17, 15) is 4.79 Å². The molecule has 1 rings (SSSR count). The topological polar surface area (TPSA) is 47.3 Å². The number of anilines is 1. The average Bonchev–Trinajstić information content (AvgIpc) is 2.27. The first-order valence-corrected chi connectivity index (χ1v) is 4.51. The maximum Gasteiger partial charge on any atom is 0.323 e. The van der Waals surface area contributed by atoms with Crippen LogP contribution >= 0.6 is 0 Å². The van der Waals surface area contributed by atoms with E-state index in [2.05, 4.69) is 0 Å². The molecule has 1 aromatic carbocycles. The molecular formula is C11H13N3O. The van der Waals surface area contributed by atoms with Gasteiger partial charge in [0.25, 0.3) is 0 Å². The Bertz CT molecular complexity index is 407. The van der Waals surface area contributed by atoms with E-state index in [4.69, 9.17) is 5.26 Å². The van der Waals surface area contributed by atoms with Gasteiger partial charge in [0, 0.05) is 26.8 Å². The Morgan fingerprint density at radius 2 is 2.00 bits per heavy atom. The summed E-state index contributed by atoms with van der Waals surface area (Å²) in [5.41, 5.74) is 1.26. The highest BCUT2D eigenvalue weighted by Gasteiger charge is 2.12. The van der Waals surface area contributed by atoms with Crippen LogP contribution in [0, 0.1) is 11.3 Å². The highest BCUT2D eigenvalue weighted by atomic mass is 16.2. The summed E-state index contributed by atoms with van der Waals surface area (Å²) < 4.78 is 0. The number of nitriles is 1. The number of urea groups is 1. The van der Waals surface area contributed by atoms with Crippen LogP contribution < -0.4 is 4.90 Å². The minimum absolute atomic E-state index is 0.120. The first kappa shape index (κ1) is 11.1. The molecule has 0 N–H and O–H groups in total. The van der Waals surface area contributed by atoms with E-state index in [-0.39, 0.29) is 6.03 Å². The summed E-state index contributed by atoms with van der Waals surface area (Å²) in [7, 11) is 5.05. The number of carbonyl (C=O) groups excluding carboxylic acids is 1. The van der Waals surface area contributed by atoms with Crippen molar-refractivity contribution in [3.05, 3.63) is 29.8 Å². The molecule has 4 nitrogen and oxygen atoms in total. The molecule has 2 amide bonds. The molecule has 0 aliphatic rings. The molecule has 1 aromatic rings. The highest BCUT2D eigenvalue weighted by Crippen LogP contribution is 2.15. The molecule has 0 aromatic heterocycles. The van der Waals surface area contributed by atoms with Crippen LogP contribution in [0.5, 0.6) is 0 Å². The van der Waals surface area contributed by atoms with Gasteiger partial charge in [-0.25, -0.2) is 4.79 Å². The molecule has 0 spiro atoms. The molecule has 0 atom stereocenters. The fourth-order valence-electron chi connectivity index (χ4n) is 1.19. The SMILES string of the molecule is CN(C)C(=O)N(C)c1cccc(C#N)c1. The first-order chi connectivity index (χ1) is 7.06. The third-order valence-corrected chi connectivity index (χ3v) is 2.03. The quantitative estimate of drug-likeness (QED) is 0.697. The van der Waals surface area contributed by atoms with Gasteiger partial charge < -0.3 is 4.90 Å². The Labute approximate surface area is 89.3 Å². The third kappa shape index (κ3) is 2.47. The van der Waals surface area contributed by atoms with Gasteiger partial charge in [0.1, 0.15) is 0 Å². The summed E-state index contributed by atoms with van der Waals surface area (Å²) in [6.45, 7) is 0. The molecule has 0 radical (unpaired) electrons. The van der Waals surface area contributed by atoms with E-state index in [0.29, 0.717) is 11.3 Å². The Kier molecular flexibility index (Phi) is 3.29. The number of hydrogen-bond donors (Lipinski definition) is 0. The molecule has 0 aliphatic carbocycles. The fourth-order valence-corrected chi connectivity index (χ4v) is 1.19. The summed E-state index contributed by atoms with van der Waals surface area (Å²) in [4.78, 5) is 14.6. The molecule has 0 fully saturated rings. The Morgan fingerprint density at radius 1 is 1.33 bits per heavy atom. The van der Waals surface area contributed by atoms with Crippen molar-refractivity contribution in [2.75, 3.05) is 26.0 Å². The second-order valence-electron chi connectivity index (χ2n) is 3.40. The highest BCUT2D eigenvalue weighted by molar-refractivity contribution is 5.91. The normalized spacial score (nSPS) is 9.20. The number of benzene rings is 1. The lowest BCUT2D eigenvalue weighted by atomic mass is 10.2. The van der Waals surface area contributed by atoms with Crippen LogP contribution in [-0.2, 0) is 0 Å². The second-order valence-corrected chi connectivity index (χ2v) is 3.40. The minimum atomic E-state index is -0.120. The van der Waals surface area contributed by atoms with Crippen LogP contribution in [0.4, 0.5) is 10.5 Å². The molecule has 0 saturated heterocycles. The molecule has 0 heterocycles. The van der Waals surface area contributed by atoms with E-state index in [1.54, 1.807) is 45.4 Å². The molecular weight excluding hydrogens is 190 g/mol. The molecule has 0 bridgehead atoms. The lowest BCUT2D eigenvalue weighted by Crippen LogP contribution is -2.36. The molecule has 0 unspecified atom stereocenters. The van der Waals surface area contributed by atoms with E-state index in [1.165, 1.54) is 9.80 Å². The van der Waals surface area contributed by atoms with Gasteiger partial charge in [0.2, 0.25) is 0 Å². The van der Waals surface area contributed by atoms with Gasteiger partial charge in [0.05, 0.1) is 11.6 Å². The summed E-state index contributed by atoms with van der Waals surface area (Å²) in [5.74, 6) is 0. The lowest BCUT2D eigenvalue weighted by Gasteiger charge is -2.21. The Hall–Kier alpha value is -2.02. The predicted octanol–water partition coefficient (Wildman–Crippen LogP) is 1.68. The van der Waals surface area contributed by atoms with Crippen molar-refractivity contribution in [1.29, 1.82) is 5.26 Å². The fraction of sp³-hybridized carbons (Fsp3) is 0.273. The minimum Gasteiger partial charge on any atom is -0.330 e. The maximum atomic E-state index is 11.6. The van der Waals surface area contributed by atoms with Gasteiger partial charge in [0.15, 0.2) is 0 Å². The predicted molar refractivity (Wildman–Crippen MR) is 58.6 cm³/mol. The molecule has 15 heavy (non-hydrogen) atoms. The summed E-state index contributed by atoms with van der Waals surface area (Å²) in [5, 5.41) is 8.73. The van der Waals surface area contributed by atoms with Crippen molar-refractivity contribution < 1.29 is 4.79 Å².